The zero-order valence-electron chi connectivity index (χ0n) is 9.56. The molecule has 0 aliphatic carbocycles. The van der Waals surface area contributed by atoms with Gasteiger partial charge >= 0.3 is 6.18 Å². The lowest BCUT2D eigenvalue weighted by Crippen LogP contribution is -2.09. The number of hydrogen-bond acceptors (Lipinski definition) is 2. The van der Waals surface area contributed by atoms with E-state index in [-0.39, 0.29) is 5.69 Å². The molecule has 0 radical (unpaired) electrons. The summed E-state index contributed by atoms with van der Waals surface area (Å²) in [5.41, 5.74) is -0.895. The molecular weight excluding hydrogens is 266 g/mol. The van der Waals surface area contributed by atoms with E-state index in [1.807, 2.05) is 0 Å². The minimum atomic E-state index is -4.51. The number of alkyl halides is 3. The summed E-state index contributed by atoms with van der Waals surface area (Å²) in [6.07, 6.45) is -2.76. The normalized spacial score (nSPS) is 11.3. The third-order valence-corrected chi connectivity index (χ3v) is 3.06. The summed E-state index contributed by atoms with van der Waals surface area (Å²) in [6.45, 7) is 4.04. The summed E-state index contributed by atoms with van der Waals surface area (Å²) in [5.74, 6) is 0.627. The summed E-state index contributed by atoms with van der Waals surface area (Å²) < 4.78 is 50.2. The smallest absolute Gasteiger partial charge is 0.382 e. The molecule has 6 heteroatoms. The standard InChI is InChI=1S/C12H13F4NS/c1-2-6-18-7-5-17-11-4-3-9(8-10(11)13)12(14,15)16/h2-4,8,17H,1,5-7H2. The molecule has 0 atom stereocenters. The van der Waals surface area contributed by atoms with Crippen LogP contribution >= 0.6 is 11.8 Å². The van der Waals surface area contributed by atoms with Crippen LogP contribution in [0.5, 0.6) is 0 Å². The maximum absolute atomic E-state index is 13.4. The first-order chi connectivity index (χ1) is 8.45. The van der Waals surface area contributed by atoms with Crippen LogP contribution in [0.3, 0.4) is 0 Å². The van der Waals surface area contributed by atoms with Gasteiger partial charge in [0.25, 0.3) is 0 Å². The van der Waals surface area contributed by atoms with Gasteiger partial charge in [-0.15, -0.1) is 6.58 Å². The van der Waals surface area contributed by atoms with Crippen LogP contribution in [0, 0.1) is 5.82 Å². The molecule has 18 heavy (non-hydrogen) atoms. The Kier molecular flexibility index (Phi) is 5.53. The van der Waals surface area contributed by atoms with Gasteiger partial charge in [-0.1, -0.05) is 6.08 Å². The third kappa shape index (κ3) is 4.60. The van der Waals surface area contributed by atoms with Crippen LogP contribution in [0.2, 0.25) is 0 Å². The second kappa shape index (κ2) is 6.68. The molecule has 0 spiro atoms. The highest BCUT2D eigenvalue weighted by Gasteiger charge is 2.31. The average molecular weight is 279 g/mol. The predicted molar refractivity (Wildman–Crippen MR) is 67.4 cm³/mol. The van der Waals surface area contributed by atoms with Gasteiger partial charge in [-0.05, 0) is 18.2 Å². The van der Waals surface area contributed by atoms with Crippen molar-refractivity contribution < 1.29 is 17.6 Å². The SMILES string of the molecule is C=CCSCCNc1ccc(C(F)(F)F)cc1F. The molecule has 0 unspecified atom stereocenters. The number of halogens is 4. The van der Waals surface area contributed by atoms with Crippen LogP contribution in [0.25, 0.3) is 0 Å². The first-order valence-electron chi connectivity index (χ1n) is 5.24. The zero-order chi connectivity index (χ0) is 13.6. The molecule has 1 aromatic carbocycles. The fourth-order valence-electron chi connectivity index (χ4n) is 1.26. The highest BCUT2D eigenvalue weighted by Crippen LogP contribution is 2.31. The Morgan fingerprint density at radius 1 is 1.33 bits per heavy atom. The fraction of sp³-hybridized carbons (Fsp3) is 0.333. The fourth-order valence-corrected chi connectivity index (χ4v) is 1.84. The molecule has 0 aliphatic rings. The second-order valence-corrected chi connectivity index (χ2v) is 4.63. The number of anilines is 1. The topological polar surface area (TPSA) is 12.0 Å². The number of rotatable bonds is 6. The van der Waals surface area contributed by atoms with E-state index in [0.29, 0.717) is 12.6 Å². The maximum atomic E-state index is 13.4. The molecule has 1 rings (SSSR count). The average Bonchev–Trinajstić information content (AvgIpc) is 2.29. The number of benzene rings is 1. The summed E-state index contributed by atoms with van der Waals surface area (Å²) in [5, 5.41) is 2.75. The molecule has 0 saturated carbocycles. The molecule has 0 heterocycles. The second-order valence-electron chi connectivity index (χ2n) is 3.48. The van der Waals surface area contributed by atoms with Gasteiger partial charge < -0.3 is 5.32 Å². The quantitative estimate of drug-likeness (QED) is 0.476. The molecule has 0 fully saturated rings. The Balaban J connectivity index is 2.55. The van der Waals surface area contributed by atoms with Crippen molar-refractivity contribution in [2.24, 2.45) is 0 Å². The third-order valence-electron chi connectivity index (χ3n) is 2.09. The summed E-state index contributed by atoms with van der Waals surface area (Å²) in [7, 11) is 0. The molecule has 1 aromatic rings. The van der Waals surface area contributed by atoms with Gasteiger partial charge in [0.1, 0.15) is 5.82 Å². The van der Waals surface area contributed by atoms with Crippen molar-refractivity contribution in [3.8, 4) is 0 Å². The van der Waals surface area contributed by atoms with Gasteiger partial charge in [-0.3, -0.25) is 0 Å². The molecule has 0 aromatic heterocycles. The van der Waals surface area contributed by atoms with Crippen molar-refractivity contribution in [3.05, 3.63) is 42.2 Å². The molecule has 1 nitrogen and oxygen atoms in total. The van der Waals surface area contributed by atoms with E-state index in [9.17, 15) is 17.6 Å². The van der Waals surface area contributed by atoms with E-state index in [1.165, 1.54) is 0 Å². The van der Waals surface area contributed by atoms with Gasteiger partial charge in [0.2, 0.25) is 0 Å². The summed E-state index contributed by atoms with van der Waals surface area (Å²) >= 11 is 1.60. The maximum Gasteiger partial charge on any atom is 0.416 e. The van der Waals surface area contributed by atoms with Gasteiger partial charge in [-0.2, -0.15) is 24.9 Å². The van der Waals surface area contributed by atoms with Gasteiger partial charge in [0, 0.05) is 18.1 Å². The van der Waals surface area contributed by atoms with Crippen molar-refractivity contribution in [3.63, 3.8) is 0 Å². The molecular formula is C12H13F4NS. The van der Waals surface area contributed by atoms with Crippen molar-refractivity contribution >= 4 is 17.4 Å². The van der Waals surface area contributed by atoms with Crippen LogP contribution in [-0.2, 0) is 6.18 Å². The van der Waals surface area contributed by atoms with Crippen LogP contribution in [0.15, 0.2) is 30.9 Å². The monoisotopic (exact) mass is 279 g/mol. The molecule has 0 amide bonds. The Labute approximate surface area is 107 Å². The highest BCUT2D eigenvalue weighted by atomic mass is 32.2. The van der Waals surface area contributed by atoms with Crippen molar-refractivity contribution in [2.75, 3.05) is 23.4 Å². The van der Waals surface area contributed by atoms with Gasteiger partial charge in [-0.25, -0.2) is 4.39 Å². The van der Waals surface area contributed by atoms with E-state index in [4.69, 9.17) is 0 Å². The molecule has 0 saturated heterocycles. The lowest BCUT2D eigenvalue weighted by molar-refractivity contribution is -0.137. The van der Waals surface area contributed by atoms with E-state index < -0.39 is 17.6 Å². The zero-order valence-corrected chi connectivity index (χ0v) is 10.4. The predicted octanol–water partition coefficient (Wildman–Crippen LogP) is 4.18. The largest absolute Gasteiger partial charge is 0.416 e. The van der Waals surface area contributed by atoms with Crippen molar-refractivity contribution in [2.45, 2.75) is 6.18 Å². The van der Waals surface area contributed by atoms with Gasteiger partial charge in [0.05, 0.1) is 11.3 Å². The minimum absolute atomic E-state index is 0.0854. The van der Waals surface area contributed by atoms with Crippen molar-refractivity contribution in [1.29, 1.82) is 0 Å². The van der Waals surface area contributed by atoms with E-state index >= 15 is 0 Å². The molecule has 100 valence electrons. The van der Waals surface area contributed by atoms with Crippen molar-refractivity contribution in [1.82, 2.24) is 0 Å². The van der Waals surface area contributed by atoms with E-state index in [0.717, 1.165) is 23.6 Å². The number of thioether (sulfide) groups is 1. The summed E-state index contributed by atoms with van der Waals surface area (Å²) in [4.78, 5) is 0. The van der Waals surface area contributed by atoms with Crippen LogP contribution in [-0.4, -0.2) is 18.1 Å². The lowest BCUT2D eigenvalue weighted by Gasteiger charge is -2.10. The van der Waals surface area contributed by atoms with E-state index in [2.05, 4.69) is 11.9 Å². The number of hydrogen-bond donors (Lipinski definition) is 1. The number of nitrogens with one attached hydrogen (secondary N) is 1. The Bertz CT molecular complexity index is 404. The summed E-state index contributed by atoms with van der Waals surface area (Å²) in [6, 6.07) is 2.47. The molecule has 0 aliphatic heterocycles. The highest BCUT2D eigenvalue weighted by molar-refractivity contribution is 7.99. The van der Waals surface area contributed by atoms with Crippen LogP contribution < -0.4 is 5.32 Å². The Morgan fingerprint density at radius 3 is 2.61 bits per heavy atom. The van der Waals surface area contributed by atoms with Gasteiger partial charge in [0.15, 0.2) is 0 Å². The van der Waals surface area contributed by atoms with Crippen LogP contribution in [0.1, 0.15) is 5.56 Å². The minimum Gasteiger partial charge on any atom is -0.382 e. The lowest BCUT2D eigenvalue weighted by atomic mass is 10.2. The van der Waals surface area contributed by atoms with E-state index in [1.54, 1.807) is 17.8 Å². The molecule has 1 N–H and O–H groups in total. The van der Waals surface area contributed by atoms with Crippen LogP contribution in [0.4, 0.5) is 23.2 Å². The Hall–Kier alpha value is -1.17. The Morgan fingerprint density at radius 2 is 2.06 bits per heavy atom. The first kappa shape index (κ1) is 14.9. The molecule has 0 bridgehead atoms. The first-order valence-corrected chi connectivity index (χ1v) is 6.40.